The van der Waals surface area contributed by atoms with Crippen LogP contribution in [0.1, 0.15) is 20.3 Å². The molecule has 1 aromatic heterocycles. The van der Waals surface area contributed by atoms with Gasteiger partial charge in [-0.05, 0) is 6.42 Å². The Labute approximate surface area is 76.8 Å². The third-order valence-electron chi connectivity index (χ3n) is 1.54. The van der Waals surface area contributed by atoms with E-state index < -0.39 is 0 Å². The zero-order valence-electron chi connectivity index (χ0n) is 7.32. The molecular formula is C8H13N3S. The topological polar surface area (TPSA) is 51.8 Å². The number of hydrogen-bond acceptors (Lipinski definition) is 4. The first-order chi connectivity index (χ1) is 5.72. The number of hydrogen-bond donors (Lipinski definition) is 1. The molecule has 1 unspecified atom stereocenters. The predicted octanol–water partition coefficient (Wildman–Crippen LogP) is 1.95. The van der Waals surface area contributed by atoms with Gasteiger partial charge in [0.05, 0.1) is 12.4 Å². The molecule has 0 fully saturated rings. The second-order valence-electron chi connectivity index (χ2n) is 2.62. The van der Waals surface area contributed by atoms with Crippen molar-refractivity contribution in [3.8, 4) is 0 Å². The summed E-state index contributed by atoms with van der Waals surface area (Å²) in [7, 11) is 0. The Balaban J connectivity index is 2.58. The summed E-state index contributed by atoms with van der Waals surface area (Å²) in [6.07, 6.45) is 4.44. The lowest BCUT2D eigenvalue weighted by atomic mass is 10.4. The van der Waals surface area contributed by atoms with Crippen LogP contribution in [0.2, 0.25) is 0 Å². The second kappa shape index (κ2) is 4.30. The molecule has 0 saturated heterocycles. The van der Waals surface area contributed by atoms with E-state index >= 15 is 0 Å². The average Bonchev–Trinajstić information content (AvgIpc) is 2.09. The van der Waals surface area contributed by atoms with E-state index in [1.165, 1.54) is 0 Å². The Bertz CT molecular complexity index is 235. The number of thioether (sulfide) groups is 1. The Morgan fingerprint density at radius 3 is 2.75 bits per heavy atom. The van der Waals surface area contributed by atoms with Crippen LogP contribution in [0.15, 0.2) is 17.4 Å². The lowest BCUT2D eigenvalue weighted by Crippen LogP contribution is -1.96. The van der Waals surface area contributed by atoms with E-state index in [1.54, 1.807) is 24.2 Å². The van der Waals surface area contributed by atoms with Crippen molar-refractivity contribution >= 4 is 17.6 Å². The second-order valence-corrected chi connectivity index (χ2v) is 4.07. The van der Waals surface area contributed by atoms with E-state index in [4.69, 9.17) is 5.73 Å². The van der Waals surface area contributed by atoms with Gasteiger partial charge in [-0.2, -0.15) is 0 Å². The minimum atomic E-state index is 0.475. The molecule has 1 atom stereocenters. The van der Waals surface area contributed by atoms with Gasteiger partial charge in [-0.3, -0.25) is 0 Å². The summed E-state index contributed by atoms with van der Waals surface area (Å²) in [6, 6.07) is 0. The minimum Gasteiger partial charge on any atom is -0.382 e. The fourth-order valence-electron chi connectivity index (χ4n) is 0.676. The Morgan fingerprint density at radius 1 is 1.50 bits per heavy atom. The fourth-order valence-corrected chi connectivity index (χ4v) is 1.48. The van der Waals surface area contributed by atoms with Gasteiger partial charge in [-0.1, -0.05) is 13.8 Å². The van der Waals surface area contributed by atoms with Gasteiger partial charge in [0.25, 0.3) is 0 Å². The van der Waals surface area contributed by atoms with Crippen molar-refractivity contribution in [2.45, 2.75) is 30.5 Å². The molecule has 0 radical (unpaired) electrons. The van der Waals surface area contributed by atoms with E-state index in [0.717, 1.165) is 11.4 Å². The molecule has 1 heterocycles. The highest BCUT2D eigenvalue weighted by molar-refractivity contribution is 7.99. The summed E-state index contributed by atoms with van der Waals surface area (Å²) in [5, 5.41) is 1.53. The third kappa shape index (κ3) is 2.70. The van der Waals surface area contributed by atoms with Crippen molar-refractivity contribution < 1.29 is 0 Å². The summed E-state index contributed by atoms with van der Waals surface area (Å²) in [6.45, 7) is 4.32. The normalized spacial score (nSPS) is 12.8. The fraction of sp³-hybridized carbons (Fsp3) is 0.500. The van der Waals surface area contributed by atoms with Crippen LogP contribution >= 0.6 is 11.8 Å². The maximum Gasteiger partial charge on any atom is 0.141 e. The minimum absolute atomic E-state index is 0.475. The van der Waals surface area contributed by atoms with Crippen LogP contribution in [0.3, 0.4) is 0 Å². The van der Waals surface area contributed by atoms with Gasteiger partial charge in [-0.15, -0.1) is 11.8 Å². The van der Waals surface area contributed by atoms with Crippen LogP contribution in [-0.2, 0) is 0 Å². The number of nitrogens with two attached hydrogens (primary N) is 1. The van der Waals surface area contributed by atoms with Crippen LogP contribution in [0.5, 0.6) is 0 Å². The predicted molar refractivity (Wildman–Crippen MR) is 52.1 cm³/mol. The monoisotopic (exact) mass is 183 g/mol. The maximum atomic E-state index is 5.41. The molecular weight excluding hydrogens is 170 g/mol. The first-order valence-electron chi connectivity index (χ1n) is 3.96. The highest BCUT2D eigenvalue weighted by Gasteiger charge is 2.02. The van der Waals surface area contributed by atoms with E-state index in [2.05, 4.69) is 23.8 Å². The molecule has 4 heteroatoms. The van der Waals surface area contributed by atoms with Crippen molar-refractivity contribution in [1.29, 1.82) is 0 Å². The zero-order valence-corrected chi connectivity index (χ0v) is 8.14. The molecule has 66 valence electrons. The standard InChI is InChI=1S/C8H13N3S/c1-3-6(2)12-8-5-10-7(9)4-11-8/h4-6H,3H2,1-2H3,(H2,9,10). The summed E-state index contributed by atoms with van der Waals surface area (Å²) < 4.78 is 0. The number of anilines is 1. The molecule has 0 aliphatic rings. The molecule has 0 amide bonds. The third-order valence-corrected chi connectivity index (χ3v) is 2.73. The number of nitrogen functional groups attached to an aromatic ring is 1. The molecule has 0 bridgehead atoms. The SMILES string of the molecule is CCC(C)Sc1cnc(N)cn1. The van der Waals surface area contributed by atoms with Crippen LogP contribution in [0.4, 0.5) is 5.82 Å². The van der Waals surface area contributed by atoms with Gasteiger partial charge in [0, 0.05) is 5.25 Å². The number of aromatic nitrogens is 2. The summed E-state index contributed by atoms with van der Waals surface area (Å²) in [4.78, 5) is 8.10. The zero-order chi connectivity index (χ0) is 8.97. The Morgan fingerprint density at radius 2 is 2.25 bits per heavy atom. The van der Waals surface area contributed by atoms with E-state index in [-0.39, 0.29) is 0 Å². The van der Waals surface area contributed by atoms with E-state index in [0.29, 0.717) is 11.1 Å². The van der Waals surface area contributed by atoms with Crippen LogP contribution < -0.4 is 5.73 Å². The van der Waals surface area contributed by atoms with Crippen LogP contribution in [-0.4, -0.2) is 15.2 Å². The average molecular weight is 183 g/mol. The molecule has 3 nitrogen and oxygen atoms in total. The highest BCUT2D eigenvalue weighted by atomic mass is 32.2. The molecule has 0 aromatic carbocycles. The Kier molecular flexibility index (Phi) is 3.34. The number of nitrogens with zero attached hydrogens (tertiary/aromatic N) is 2. The summed E-state index contributed by atoms with van der Waals surface area (Å²) >= 11 is 1.72. The largest absolute Gasteiger partial charge is 0.382 e. The lowest BCUT2D eigenvalue weighted by molar-refractivity contribution is 0.899. The van der Waals surface area contributed by atoms with Crippen molar-refractivity contribution in [2.75, 3.05) is 5.73 Å². The van der Waals surface area contributed by atoms with Gasteiger partial charge in [0.1, 0.15) is 10.8 Å². The Hall–Kier alpha value is -0.770. The van der Waals surface area contributed by atoms with Gasteiger partial charge in [-0.25, -0.2) is 9.97 Å². The first-order valence-corrected chi connectivity index (χ1v) is 4.84. The van der Waals surface area contributed by atoms with Crippen LogP contribution in [0.25, 0.3) is 0 Å². The van der Waals surface area contributed by atoms with Crippen molar-refractivity contribution in [3.05, 3.63) is 12.4 Å². The van der Waals surface area contributed by atoms with Gasteiger partial charge in [0.15, 0.2) is 0 Å². The van der Waals surface area contributed by atoms with E-state index in [1.807, 2.05) is 0 Å². The molecule has 0 saturated carbocycles. The van der Waals surface area contributed by atoms with E-state index in [9.17, 15) is 0 Å². The molecule has 1 aromatic rings. The molecule has 12 heavy (non-hydrogen) atoms. The molecule has 2 N–H and O–H groups in total. The first kappa shape index (κ1) is 9.32. The summed E-state index contributed by atoms with van der Waals surface area (Å²) in [5.41, 5.74) is 5.41. The van der Waals surface area contributed by atoms with Gasteiger partial charge >= 0.3 is 0 Å². The highest BCUT2D eigenvalue weighted by Crippen LogP contribution is 2.21. The summed E-state index contributed by atoms with van der Waals surface area (Å²) in [5.74, 6) is 0.475. The molecule has 0 aliphatic heterocycles. The number of rotatable bonds is 3. The molecule has 0 aliphatic carbocycles. The van der Waals surface area contributed by atoms with Crippen molar-refractivity contribution in [2.24, 2.45) is 0 Å². The van der Waals surface area contributed by atoms with Gasteiger partial charge < -0.3 is 5.73 Å². The van der Waals surface area contributed by atoms with Crippen molar-refractivity contribution in [3.63, 3.8) is 0 Å². The van der Waals surface area contributed by atoms with Crippen LogP contribution in [0, 0.1) is 0 Å². The molecule has 0 spiro atoms. The van der Waals surface area contributed by atoms with Gasteiger partial charge in [0.2, 0.25) is 0 Å². The maximum absolute atomic E-state index is 5.41. The lowest BCUT2D eigenvalue weighted by Gasteiger charge is -2.05. The molecule has 1 rings (SSSR count). The quantitative estimate of drug-likeness (QED) is 0.728. The van der Waals surface area contributed by atoms with Crippen molar-refractivity contribution in [1.82, 2.24) is 9.97 Å². The smallest absolute Gasteiger partial charge is 0.141 e.